The lowest BCUT2D eigenvalue weighted by Gasteiger charge is -2.07. The van der Waals surface area contributed by atoms with E-state index in [1.165, 1.54) is 0 Å². The van der Waals surface area contributed by atoms with E-state index in [1.807, 2.05) is 23.2 Å². The Balaban J connectivity index is 2.42. The van der Waals surface area contributed by atoms with Gasteiger partial charge in [0.15, 0.2) is 0 Å². The summed E-state index contributed by atoms with van der Waals surface area (Å²) >= 11 is 9.97. The fourth-order valence-electron chi connectivity index (χ4n) is 2.14. The van der Waals surface area contributed by atoms with E-state index in [4.69, 9.17) is 11.6 Å². The molecular weight excluding hydrogens is 328 g/mol. The van der Waals surface area contributed by atoms with Gasteiger partial charge in [-0.1, -0.05) is 18.5 Å². The zero-order valence-electron chi connectivity index (χ0n) is 11.7. The molecule has 0 aliphatic carbocycles. The Hall–Kier alpha value is -0.810. The van der Waals surface area contributed by atoms with Crippen LogP contribution < -0.4 is 0 Å². The molecular formula is C13H18BrClN4. The first-order valence-corrected chi connectivity index (χ1v) is 7.60. The van der Waals surface area contributed by atoms with Crippen molar-refractivity contribution in [3.8, 4) is 0 Å². The van der Waals surface area contributed by atoms with Gasteiger partial charge in [-0.15, -0.1) is 0 Å². The highest BCUT2D eigenvalue weighted by atomic mass is 79.9. The molecule has 0 fully saturated rings. The first-order valence-electron chi connectivity index (χ1n) is 6.43. The first-order chi connectivity index (χ1) is 8.99. The highest BCUT2D eigenvalue weighted by Crippen LogP contribution is 2.25. The van der Waals surface area contributed by atoms with Crippen LogP contribution in [0.15, 0.2) is 4.47 Å². The highest BCUT2D eigenvalue weighted by Gasteiger charge is 2.17. The lowest BCUT2D eigenvalue weighted by Crippen LogP contribution is -2.10. The Morgan fingerprint density at radius 1 is 1.16 bits per heavy atom. The number of halogens is 2. The Kier molecular flexibility index (Phi) is 4.36. The Morgan fingerprint density at radius 2 is 1.84 bits per heavy atom. The molecule has 4 nitrogen and oxygen atoms in total. The van der Waals surface area contributed by atoms with Crippen LogP contribution in [0.1, 0.15) is 36.6 Å². The van der Waals surface area contributed by atoms with Gasteiger partial charge in [0.1, 0.15) is 0 Å². The zero-order valence-corrected chi connectivity index (χ0v) is 14.0. The van der Waals surface area contributed by atoms with Gasteiger partial charge in [-0.05, 0) is 43.1 Å². The molecule has 104 valence electrons. The summed E-state index contributed by atoms with van der Waals surface area (Å²) in [7, 11) is 0. The van der Waals surface area contributed by atoms with Gasteiger partial charge in [-0.3, -0.25) is 9.36 Å². The van der Waals surface area contributed by atoms with Crippen molar-refractivity contribution in [1.29, 1.82) is 0 Å². The van der Waals surface area contributed by atoms with Gasteiger partial charge >= 0.3 is 0 Å². The number of rotatable bonds is 4. The SMILES string of the molecule is CCc1nn(CC)c(Cn2nc(C)c(Br)c2C)c1Cl. The quantitative estimate of drug-likeness (QED) is 0.846. The summed E-state index contributed by atoms with van der Waals surface area (Å²) in [5.74, 6) is 0. The van der Waals surface area contributed by atoms with Crippen LogP contribution in [0.4, 0.5) is 0 Å². The maximum absolute atomic E-state index is 6.42. The molecule has 0 spiro atoms. The van der Waals surface area contributed by atoms with Crippen molar-refractivity contribution in [2.45, 2.75) is 47.2 Å². The average Bonchev–Trinajstić information content (AvgIpc) is 2.83. The van der Waals surface area contributed by atoms with E-state index in [2.05, 4.69) is 40.0 Å². The number of hydrogen-bond donors (Lipinski definition) is 0. The third-order valence-corrected chi connectivity index (χ3v) is 4.87. The van der Waals surface area contributed by atoms with Crippen molar-refractivity contribution in [1.82, 2.24) is 19.6 Å². The zero-order chi connectivity index (χ0) is 14.2. The number of hydrogen-bond acceptors (Lipinski definition) is 2. The normalized spacial score (nSPS) is 11.3. The van der Waals surface area contributed by atoms with Gasteiger partial charge in [0, 0.05) is 6.54 Å². The lowest BCUT2D eigenvalue weighted by molar-refractivity contribution is 0.565. The molecule has 2 heterocycles. The lowest BCUT2D eigenvalue weighted by atomic mass is 10.3. The van der Waals surface area contributed by atoms with E-state index in [0.717, 1.165) is 45.2 Å². The van der Waals surface area contributed by atoms with E-state index in [1.54, 1.807) is 0 Å². The summed E-state index contributed by atoms with van der Waals surface area (Å²) in [5.41, 5.74) is 4.08. The smallest absolute Gasteiger partial charge is 0.0869 e. The molecule has 0 radical (unpaired) electrons. The van der Waals surface area contributed by atoms with Gasteiger partial charge < -0.3 is 0 Å². The predicted molar refractivity (Wildman–Crippen MR) is 80.8 cm³/mol. The first kappa shape index (κ1) is 14.6. The van der Waals surface area contributed by atoms with Crippen LogP contribution in [0.25, 0.3) is 0 Å². The number of aryl methyl sites for hydroxylation is 3. The third kappa shape index (κ3) is 2.58. The number of nitrogens with zero attached hydrogens (tertiary/aromatic N) is 4. The van der Waals surface area contributed by atoms with E-state index in [0.29, 0.717) is 6.54 Å². The minimum absolute atomic E-state index is 0.651. The molecule has 0 atom stereocenters. The third-order valence-electron chi connectivity index (χ3n) is 3.29. The molecule has 0 saturated carbocycles. The standard InChI is InChI=1S/C13H18BrClN4/c1-5-10-13(15)11(18(6-2)17-10)7-19-9(4)12(14)8(3)16-19/h5-7H2,1-4H3. The van der Waals surface area contributed by atoms with E-state index in [9.17, 15) is 0 Å². The van der Waals surface area contributed by atoms with E-state index >= 15 is 0 Å². The molecule has 0 N–H and O–H groups in total. The number of aromatic nitrogens is 4. The van der Waals surface area contributed by atoms with Crippen LogP contribution in [-0.2, 0) is 19.5 Å². The summed E-state index contributed by atoms with van der Waals surface area (Å²) < 4.78 is 4.99. The molecule has 0 amide bonds. The maximum Gasteiger partial charge on any atom is 0.0869 e. The van der Waals surface area contributed by atoms with Crippen LogP contribution in [0.5, 0.6) is 0 Å². The van der Waals surface area contributed by atoms with Gasteiger partial charge in [0.05, 0.1) is 38.8 Å². The molecule has 0 aliphatic rings. The van der Waals surface area contributed by atoms with Crippen molar-refractivity contribution < 1.29 is 0 Å². The van der Waals surface area contributed by atoms with Gasteiger partial charge in [-0.2, -0.15) is 10.2 Å². The van der Waals surface area contributed by atoms with Gasteiger partial charge in [-0.25, -0.2) is 0 Å². The molecule has 19 heavy (non-hydrogen) atoms. The Bertz CT molecular complexity index is 600. The molecule has 2 aromatic heterocycles. The molecule has 0 bridgehead atoms. The molecule has 2 rings (SSSR count). The van der Waals surface area contributed by atoms with Crippen LogP contribution in [0.2, 0.25) is 5.02 Å². The average molecular weight is 346 g/mol. The monoisotopic (exact) mass is 344 g/mol. The van der Waals surface area contributed by atoms with Crippen LogP contribution >= 0.6 is 27.5 Å². The molecule has 2 aromatic rings. The fourth-order valence-corrected chi connectivity index (χ4v) is 2.75. The van der Waals surface area contributed by atoms with Crippen LogP contribution in [0, 0.1) is 13.8 Å². The topological polar surface area (TPSA) is 35.6 Å². The summed E-state index contributed by atoms with van der Waals surface area (Å²) in [6, 6.07) is 0. The largest absolute Gasteiger partial charge is 0.266 e. The van der Waals surface area contributed by atoms with E-state index < -0.39 is 0 Å². The molecule has 0 aliphatic heterocycles. The minimum Gasteiger partial charge on any atom is -0.266 e. The second-order valence-corrected chi connectivity index (χ2v) is 5.69. The molecule has 0 saturated heterocycles. The van der Waals surface area contributed by atoms with Crippen molar-refractivity contribution in [2.24, 2.45) is 0 Å². The van der Waals surface area contributed by atoms with Gasteiger partial charge in [0.2, 0.25) is 0 Å². The Morgan fingerprint density at radius 3 is 2.32 bits per heavy atom. The summed E-state index contributed by atoms with van der Waals surface area (Å²) in [6.07, 6.45) is 0.847. The molecule has 6 heteroatoms. The predicted octanol–water partition coefficient (Wildman–Crippen LogP) is 3.74. The van der Waals surface area contributed by atoms with Crippen molar-refractivity contribution in [3.63, 3.8) is 0 Å². The highest BCUT2D eigenvalue weighted by molar-refractivity contribution is 9.10. The minimum atomic E-state index is 0.651. The molecule has 0 aromatic carbocycles. The van der Waals surface area contributed by atoms with Crippen LogP contribution in [0.3, 0.4) is 0 Å². The summed E-state index contributed by atoms with van der Waals surface area (Å²) in [5, 5.41) is 9.83. The van der Waals surface area contributed by atoms with Crippen molar-refractivity contribution in [3.05, 3.63) is 32.3 Å². The van der Waals surface area contributed by atoms with E-state index in [-0.39, 0.29) is 0 Å². The molecule has 0 unspecified atom stereocenters. The fraction of sp³-hybridized carbons (Fsp3) is 0.538. The van der Waals surface area contributed by atoms with Gasteiger partial charge in [0.25, 0.3) is 0 Å². The van der Waals surface area contributed by atoms with Crippen molar-refractivity contribution in [2.75, 3.05) is 0 Å². The maximum atomic E-state index is 6.42. The second-order valence-electron chi connectivity index (χ2n) is 4.52. The summed E-state index contributed by atoms with van der Waals surface area (Å²) in [4.78, 5) is 0. The second kappa shape index (κ2) is 5.67. The van der Waals surface area contributed by atoms with Crippen molar-refractivity contribution >= 4 is 27.5 Å². The Labute approximate surface area is 126 Å². The van der Waals surface area contributed by atoms with Crippen LogP contribution in [-0.4, -0.2) is 19.6 Å². The summed E-state index contributed by atoms with van der Waals surface area (Å²) in [6.45, 7) is 9.64.